The van der Waals surface area contributed by atoms with Crippen LogP contribution in [0.1, 0.15) is 36.0 Å². The van der Waals surface area contributed by atoms with Gasteiger partial charge >= 0.3 is 0 Å². The Hall–Kier alpha value is -1.17. The predicted octanol–water partition coefficient (Wildman–Crippen LogP) is 1.29. The topological polar surface area (TPSA) is 80.9 Å². The van der Waals surface area contributed by atoms with Crippen LogP contribution < -0.4 is 11.1 Å². The second-order valence-corrected chi connectivity index (χ2v) is 5.33. The van der Waals surface area contributed by atoms with Crippen molar-refractivity contribution in [2.75, 3.05) is 12.3 Å². The van der Waals surface area contributed by atoms with E-state index in [1.807, 2.05) is 0 Å². The van der Waals surface area contributed by atoms with Crippen LogP contribution in [0.4, 0.5) is 5.13 Å². The van der Waals surface area contributed by atoms with E-state index in [0.717, 1.165) is 17.9 Å². The molecule has 1 aromatic heterocycles. The highest BCUT2D eigenvalue weighted by Gasteiger charge is 2.24. The Morgan fingerprint density at radius 2 is 2.38 bits per heavy atom. The molecule has 2 atom stereocenters. The zero-order valence-corrected chi connectivity index (χ0v) is 10.1. The van der Waals surface area contributed by atoms with Gasteiger partial charge in [0.1, 0.15) is 0 Å². The van der Waals surface area contributed by atoms with Crippen LogP contribution in [-0.4, -0.2) is 22.6 Å². The van der Waals surface area contributed by atoms with E-state index >= 15 is 0 Å². The second kappa shape index (κ2) is 4.78. The van der Waals surface area contributed by atoms with Crippen molar-refractivity contribution in [1.82, 2.24) is 15.5 Å². The van der Waals surface area contributed by atoms with Crippen molar-refractivity contribution >= 4 is 22.4 Å². The van der Waals surface area contributed by atoms with Gasteiger partial charge in [-0.25, -0.2) is 0 Å². The van der Waals surface area contributed by atoms with E-state index in [4.69, 9.17) is 5.73 Å². The van der Waals surface area contributed by atoms with Crippen LogP contribution in [0, 0.1) is 11.8 Å². The van der Waals surface area contributed by atoms with Crippen molar-refractivity contribution in [3.8, 4) is 0 Å². The minimum atomic E-state index is -0.159. The molecule has 0 bridgehead atoms. The maximum absolute atomic E-state index is 11.7. The van der Waals surface area contributed by atoms with Crippen LogP contribution in [-0.2, 0) is 0 Å². The number of anilines is 1. The third-order valence-corrected chi connectivity index (χ3v) is 3.95. The first-order valence-corrected chi connectivity index (χ1v) is 6.35. The lowest BCUT2D eigenvalue weighted by atomic mass is 9.98. The number of rotatable bonds is 3. The van der Waals surface area contributed by atoms with Crippen molar-refractivity contribution in [2.24, 2.45) is 11.8 Å². The summed E-state index contributed by atoms with van der Waals surface area (Å²) in [5, 5.41) is 10.9. The molecule has 1 heterocycles. The van der Waals surface area contributed by atoms with Gasteiger partial charge in [-0.05, 0) is 18.3 Å². The lowest BCUT2D eigenvalue weighted by Crippen LogP contribution is -2.30. The van der Waals surface area contributed by atoms with E-state index in [9.17, 15) is 4.79 Å². The number of hydrogen-bond donors (Lipinski definition) is 2. The highest BCUT2D eigenvalue weighted by Crippen LogP contribution is 2.30. The van der Waals surface area contributed by atoms with Gasteiger partial charge in [-0.15, -0.1) is 10.2 Å². The standard InChI is InChI=1S/C10H16N4OS/c1-6-3-2-4-7(6)5-12-8(15)9-13-14-10(11)16-9/h6-7H,2-5H2,1H3,(H2,11,14)(H,12,15). The lowest BCUT2D eigenvalue weighted by molar-refractivity contribution is 0.0943. The Morgan fingerprint density at radius 3 is 2.94 bits per heavy atom. The number of carbonyl (C=O) groups is 1. The van der Waals surface area contributed by atoms with Gasteiger partial charge in [0.2, 0.25) is 10.1 Å². The molecule has 2 unspecified atom stereocenters. The summed E-state index contributed by atoms with van der Waals surface area (Å²) in [5.74, 6) is 1.15. The van der Waals surface area contributed by atoms with Gasteiger partial charge in [-0.3, -0.25) is 4.79 Å². The summed E-state index contributed by atoms with van der Waals surface area (Å²) in [6.45, 7) is 2.98. The van der Waals surface area contributed by atoms with Crippen molar-refractivity contribution in [2.45, 2.75) is 26.2 Å². The monoisotopic (exact) mass is 240 g/mol. The molecule has 2 rings (SSSR count). The van der Waals surface area contributed by atoms with Crippen LogP contribution in [0.2, 0.25) is 0 Å². The van der Waals surface area contributed by atoms with Gasteiger partial charge in [-0.1, -0.05) is 31.1 Å². The molecule has 1 aliphatic carbocycles. The number of amides is 1. The molecule has 0 saturated heterocycles. The average molecular weight is 240 g/mol. The van der Waals surface area contributed by atoms with Gasteiger partial charge in [0.25, 0.3) is 5.91 Å². The Labute approximate surface area is 98.4 Å². The van der Waals surface area contributed by atoms with Gasteiger partial charge in [-0.2, -0.15) is 0 Å². The molecule has 0 radical (unpaired) electrons. The van der Waals surface area contributed by atoms with E-state index < -0.39 is 0 Å². The van der Waals surface area contributed by atoms with Crippen LogP contribution in [0.25, 0.3) is 0 Å². The summed E-state index contributed by atoms with van der Waals surface area (Å²) in [6.07, 6.45) is 3.75. The number of nitrogens with one attached hydrogen (secondary N) is 1. The van der Waals surface area contributed by atoms with Crippen LogP contribution in [0.5, 0.6) is 0 Å². The quantitative estimate of drug-likeness (QED) is 0.834. The molecule has 0 spiro atoms. The molecule has 0 aromatic carbocycles. The predicted molar refractivity (Wildman–Crippen MR) is 63.2 cm³/mol. The number of nitrogens with two attached hydrogens (primary N) is 1. The fourth-order valence-electron chi connectivity index (χ4n) is 2.15. The Bertz CT molecular complexity index is 379. The molecule has 1 amide bonds. The number of nitrogen functional groups attached to an aromatic ring is 1. The summed E-state index contributed by atoms with van der Waals surface area (Å²) < 4.78 is 0. The zero-order chi connectivity index (χ0) is 11.5. The lowest BCUT2D eigenvalue weighted by Gasteiger charge is -2.14. The minimum Gasteiger partial charge on any atom is -0.374 e. The maximum atomic E-state index is 11.7. The number of hydrogen-bond acceptors (Lipinski definition) is 5. The Morgan fingerprint density at radius 1 is 1.56 bits per heavy atom. The third kappa shape index (κ3) is 2.49. The van der Waals surface area contributed by atoms with Crippen molar-refractivity contribution in [1.29, 1.82) is 0 Å². The molecule has 0 aliphatic heterocycles. The van der Waals surface area contributed by atoms with Crippen LogP contribution in [0.15, 0.2) is 0 Å². The number of aromatic nitrogens is 2. The zero-order valence-electron chi connectivity index (χ0n) is 9.27. The summed E-state index contributed by atoms with van der Waals surface area (Å²) >= 11 is 1.12. The minimum absolute atomic E-state index is 0.159. The SMILES string of the molecule is CC1CCCC1CNC(=O)c1nnc(N)s1. The van der Waals surface area contributed by atoms with Crippen molar-refractivity contribution in [3.05, 3.63) is 5.01 Å². The molecule has 3 N–H and O–H groups in total. The Kier molecular flexibility index (Phi) is 3.38. The average Bonchev–Trinajstić information content (AvgIpc) is 2.84. The molecular weight excluding hydrogens is 224 g/mol. The first-order valence-electron chi connectivity index (χ1n) is 5.54. The van der Waals surface area contributed by atoms with E-state index in [-0.39, 0.29) is 5.91 Å². The largest absolute Gasteiger partial charge is 0.374 e. The molecule has 16 heavy (non-hydrogen) atoms. The first kappa shape index (κ1) is 11.3. The fraction of sp³-hybridized carbons (Fsp3) is 0.700. The highest BCUT2D eigenvalue weighted by atomic mass is 32.1. The number of carbonyl (C=O) groups excluding carboxylic acids is 1. The van der Waals surface area contributed by atoms with Crippen molar-refractivity contribution < 1.29 is 4.79 Å². The molecule has 5 nitrogen and oxygen atoms in total. The van der Waals surface area contributed by atoms with Crippen LogP contribution >= 0.6 is 11.3 Å². The van der Waals surface area contributed by atoms with Crippen LogP contribution in [0.3, 0.4) is 0 Å². The van der Waals surface area contributed by atoms with Gasteiger partial charge in [0.05, 0.1) is 0 Å². The van der Waals surface area contributed by atoms with Crippen molar-refractivity contribution in [3.63, 3.8) is 0 Å². The van der Waals surface area contributed by atoms with E-state index in [1.54, 1.807) is 0 Å². The molecule has 1 aliphatic rings. The van der Waals surface area contributed by atoms with Gasteiger partial charge < -0.3 is 11.1 Å². The molecule has 1 fully saturated rings. The molecule has 1 aromatic rings. The third-order valence-electron chi connectivity index (χ3n) is 3.20. The molecule has 1 saturated carbocycles. The smallest absolute Gasteiger partial charge is 0.282 e. The summed E-state index contributed by atoms with van der Waals surface area (Å²) in [4.78, 5) is 11.7. The maximum Gasteiger partial charge on any atom is 0.282 e. The van der Waals surface area contributed by atoms with E-state index in [0.29, 0.717) is 22.0 Å². The van der Waals surface area contributed by atoms with E-state index in [1.165, 1.54) is 19.3 Å². The highest BCUT2D eigenvalue weighted by molar-refractivity contribution is 7.16. The number of nitrogens with zero attached hydrogens (tertiary/aromatic N) is 2. The van der Waals surface area contributed by atoms with E-state index in [2.05, 4.69) is 22.4 Å². The Balaban J connectivity index is 1.84. The van der Waals surface area contributed by atoms with Gasteiger partial charge in [0.15, 0.2) is 0 Å². The normalized spacial score (nSPS) is 24.6. The molecule has 88 valence electrons. The summed E-state index contributed by atoms with van der Waals surface area (Å²) in [6, 6.07) is 0. The molecular formula is C10H16N4OS. The fourth-order valence-corrected chi connectivity index (χ4v) is 2.68. The van der Waals surface area contributed by atoms with Gasteiger partial charge in [0, 0.05) is 6.54 Å². The summed E-state index contributed by atoms with van der Waals surface area (Å²) in [7, 11) is 0. The second-order valence-electron chi connectivity index (χ2n) is 4.32. The first-order chi connectivity index (χ1) is 7.66. The molecule has 6 heteroatoms. The summed E-state index contributed by atoms with van der Waals surface area (Å²) in [5.41, 5.74) is 5.42.